The molecule has 2 heterocycles. The second-order valence-corrected chi connectivity index (χ2v) is 4.36. The highest BCUT2D eigenvalue weighted by molar-refractivity contribution is 5.97. The fourth-order valence-electron chi connectivity index (χ4n) is 1.93. The lowest BCUT2D eigenvalue weighted by Crippen LogP contribution is -2.47. The predicted molar refractivity (Wildman–Crippen MR) is 69.5 cm³/mol. The van der Waals surface area contributed by atoms with Gasteiger partial charge in [0.15, 0.2) is 0 Å². The molecular weight excluding hydrogens is 260 g/mol. The standard InChI is InChI=1S/C13H12N4O3/c14-9-6-10-11(17(19)12(9)18)7-15-13(16-10)20-8-4-2-1-3-5-8/h1-5,7,9,19H,6,14H2/t9-/m0/s1. The first-order chi connectivity index (χ1) is 9.65. The van der Waals surface area contributed by atoms with Crippen molar-refractivity contribution >= 4 is 11.6 Å². The first-order valence-corrected chi connectivity index (χ1v) is 6.02. The molecule has 0 saturated carbocycles. The van der Waals surface area contributed by atoms with E-state index in [1.165, 1.54) is 6.20 Å². The van der Waals surface area contributed by atoms with E-state index in [0.29, 0.717) is 16.5 Å². The third-order valence-corrected chi connectivity index (χ3v) is 2.94. The van der Waals surface area contributed by atoms with Gasteiger partial charge in [0, 0.05) is 6.42 Å². The number of benzene rings is 1. The molecule has 0 bridgehead atoms. The van der Waals surface area contributed by atoms with E-state index in [1.54, 1.807) is 12.1 Å². The Morgan fingerprint density at radius 2 is 2.10 bits per heavy atom. The van der Waals surface area contributed by atoms with Gasteiger partial charge in [0.2, 0.25) is 0 Å². The van der Waals surface area contributed by atoms with Crippen LogP contribution in [0.25, 0.3) is 0 Å². The van der Waals surface area contributed by atoms with Gasteiger partial charge in [0.25, 0.3) is 5.91 Å². The topological polar surface area (TPSA) is 102 Å². The maximum absolute atomic E-state index is 11.5. The van der Waals surface area contributed by atoms with E-state index in [1.807, 2.05) is 18.2 Å². The van der Waals surface area contributed by atoms with Crippen LogP contribution in [-0.4, -0.2) is 27.1 Å². The summed E-state index contributed by atoms with van der Waals surface area (Å²) in [6, 6.07) is 8.41. The first kappa shape index (κ1) is 12.5. The Bertz CT molecular complexity index is 647. The van der Waals surface area contributed by atoms with Gasteiger partial charge >= 0.3 is 6.01 Å². The van der Waals surface area contributed by atoms with E-state index in [2.05, 4.69) is 9.97 Å². The van der Waals surface area contributed by atoms with Crippen LogP contribution in [0.4, 0.5) is 5.69 Å². The molecule has 0 unspecified atom stereocenters. The maximum Gasteiger partial charge on any atom is 0.322 e. The Kier molecular flexibility index (Phi) is 3.05. The van der Waals surface area contributed by atoms with Crippen molar-refractivity contribution in [2.24, 2.45) is 5.73 Å². The van der Waals surface area contributed by atoms with Gasteiger partial charge in [-0.2, -0.15) is 10.0 Å². The number of anilines is 1. The fourth-order valence-corrected chi connectivity index (χ4v) is 1.93. The number of carbonyl (C=O) groups is 1. The molecule has 0 saturated heterocycles. The predicted octanol–water partition coefficient (Wildman–Crippen LogP) is 0.874. The molecule has 20 heavy (non-hydrogen) atoms. The quantitative estimate of drug-likeness (QED) is 0.787. The summed E-state index contributed by atoms with van der Waals surface area (Å²) in [5.74, 6) is 0.0299. The molecule has 1 aliphatic rings. The van der Waals surface area contributed by atoms with Crippen molar-refractivity contribution in [2.75, 3.05) is 5.06 Å². The minimum absolute atomic E-state index is 0.143. The van der Waals surface area contributed by atoms with Crippen LogP contribution in [0.15, 0.2) is 36.5 Å². The van der Waals surface area contributed by atoms with Gasteiger partial charge in [0.1, 0.15) is 11.4 Å². The van der Waals surface area contributed by atoms with Gasteiger partial charge in [-0.05, 0) is 12.1 Å². The second kappa shape index (κ2) is 4.87. The summed E-state index contributed by atoms with van der Waals surface area (Å²) in [4.78, 5) is 19.7. The highest BCUT2D eigenvalue weighted by atomic mass is 16.5. The number of nitrogens with zero attached hydrogens (tertiary/aromatic N) is 3. The van der Waals surface area contributed by atoms with Gasteiger partial charge in [-0.3, -0.25) is 10.0 Å². The van der Waals surface area contributed by atoms with Crippen LogP contribution >= 0.6 is 0 Å². The van der Waals surface area contributed by atoms with Crippen LogP contribution in [0, 0.1) is 0 Å². The fraction of sp³-hybridized carbons (Fsp3) is 0.154. The lowest BCUT2D eigenvalue weighted by Gasteiger charge is -2.26. The van der Waals surface area contributed by atoms with Crippen molar-refractivity contribution in [1.29, 1.82) is 0 Å². The third-order valence-electron chi connectivity index (χ3n) is 2.94. The zero-order chi connectivity index (χ0) is 14.1. The van der Waals surface area contributed by atoms with E-state index < -0.39 is 11.9 Å². The van der Waals surface area contributed by atoms with E-state index in [-0.39, 0.29) is 18.1 Å². The van der Waals surface area contributed by atoms with Gasteiger partial charge < -0.3 is 10.5 Å². The molecule has 3 rings (SSSR count). The van der Waals surface area contributed by atoms with Gasteiger partial charge in [-0.1, -0.05) is 18.2 Å². The second-order valence-electron chi connectivity index (χ2n) is 4.36. The van der Waals surface area contributed by atoms with Crippen molar-refractivity contribution in [1.82, 2.24) is 9.97 Å². The monoisotopic (exact) mass is 272 g/mol. The zero-order valence-electron chi connectivity index (χ0n) is 10.4. The van der Waals surface area contributed by atoms with E-state index in [4.69, 9.17) is 10.5 Å². The number of carbonyl (C=O) groups excluding carboxylic acids is 1. The number of amides is 1. The van der Waals surface area contributed by atoms with Crippen molar-refractivity contribution in [3.05, 3.63) is 42.2 Å². The Morgan fingerprint density at radius 1 is 1.35 bits per heavy atom. The molecule has 1 aromatic heterocycles. The van der Waals surface area contributed by atoms with Crippen molar-refractivity contribution in [3.8, 4) is 11.8 Å². The number of hydroxylamine groups is 1. The van der Waals surface area contributed by atoms with Crippen LogP contribution in [0.3, 0.4) is 0 Å². The highest BCUT2D eigenvalue weighted by Gasteiger charge is 2.31. The van der Waals surface area contributed by atoms with Gasteiger partial charge in [-0.15, -0.1) is 0 Å². The molecule has 0 aliphatic carbocycles. The number of ether oxygens (including phenoxy) is 1. The SMILES string of the molecule is N[C@H]1Cc2nc(Oc3ccccc3)ncc2N(O)C1=O. The Hall–Kier alpha value is -2.51. The van der Waals surface area contributed by atoms with Gasteiger partial charge in [-0.25, -0.2) is 4.98 Å². The number of rotatable bonds is 2. The number of hydrogen-bond acceptors (Lipinski definition) is 6. The van der Waals surface area contributed by atoms with E-state index >= 15 is 0 Å². The van der Waals surface area contributed by atoms with Crippen LogP contribution < -0.4 is 15.5 Å². The molecule has 2 aromatic rings. The number of hydrogen-bond donors (Lipinski definition) is 2. The number of nitrogens with two attached hydrogens (primary N) is 1. The minimum Gasteiger partial charge on any atom is -0.424 e. The Labute approximate surface area is 114 Å². The Morgan fingerprint density at radius 3 is 2.85 bits per heavy atom. The lowest BCUT2D eigenvalue weighted by molar-refractivity contribution is -0.125. The summed E-state index contributed by atoms with van der Waals surface area (Å²) >= 11 is 0. The van der Waals surface area contributed by atoms with Crippen LogP contribution in [0.2, 0.25) is 0 Å². The van der Waals surface area contributed by atoms with E-state index in [0.717, 1.165) is 0 Å². The summed E-state index contributed by atoms with van der Waals surface area (Å²) in [5, 5.41) is 10.1. The molecule has 102 valence electrons. The smallest absolute Gasteiger partial charge is 0.322 e. The maximum atomic E-state index is 11.5. The van der Waals surface area contributed by atoms with Crippen molar-refractivity contribution in [3.63, 3.8) is 0 Å². The summed E-state index contributed by atoms with van der Waals surface area (Å²) in [6.07, 6.45) is 1.57. The molecule has 0 spiro atoms. The van der Waals surface area contributed by atoms with Crippen molar-refractivity contribution < 1.29 is 14.7 Å². The van der Waals surface area contributed by atoms with E-state index in [9.17, 15) is 10.0 Å². The summed E-state index contributed by atoms with van der Waals surface area (Å²) < 4.78 is 5.49. The molecule has 7 nitrogen and oxygen atoms in total. The third kappa shape index (κ3) is 2.20. The minimum atomic E-state index is -0.813. The molecule has 1 aliphatic heterocycles. The molecule has 1 amide bonds. The van der Waals surface area contributed by atoms with Crippen molar-refractivity contribution in [2.45, 2.75) is 12.5 Å². The first-order valence-electron chi connectivity index (χ1n) is 6.02. The molecule has 1 atom stereocenters. The van der Waals surface area contributed by atoms with Crippen LogP contribution in [-0.2, 0) is 11.2 Å². The van der Waals surface area contributed by atoms with Crippen LogP contribution in [0.5, 0.6) is 11.8 Å². The Balaban J connectivity index is 1.90. The molecule has 7 heteroatoms. The molecule has 0 fully saturated rings. The normalized spacial score (nSPS) is 17.8. The molecule has 0 radical (unpaired) electrons. The average Bonchev–Trinajstić information content (AvgIpc) is 2.46. The summed E-state index contributed by atoms with van der Waals surface area (Å²) in [5.41, 5.74) is 6.34. The number of aromatic nitrogens is 2. The summed E-state index contributed by atoms with van der Waals surface area (Å²) in [6.45, 7) is 0. The number of para-hydroxylation sites is 1. The summed E-state index contributed by atoms with van der Waals surface area (Å²) in [7, 11) is 0. The van der Waals surface area contributed by atoms with Crippen LogP contribution in [0.1, 0.15) is 5.69 Å². The lowest BCUT2D eigenvalue weighted by atomic mass is 10.1. The number of fused-ring (bicyclic) bond motifs is 1. The molecular formula is C13H12N4O3. The average molecular weight is 272 g/mol. The largest absolute Gasteiger partial charge is 0.424 e. The van der Waals surface area contributed by atoms with Gasteiger partial charge in [0.05, 0.1) is 17.9 Å². The highest BCUT2D eigenvalue weighted by Crippen LogP contribution is 2.26. The molecule has 3 N–H and O–H groups in total. The molecule has 1 aromatic carbocycles. The zero-order valence-corrected chi connectivity index (χ0v) is 10.4.